The van der Waals surface area contributed by atoms with Gasteiger partial charge in [-0.1, -0.05) is 19.8 Å². The maximum Gasteiger partial charge on any atom is 0.293 e. The molecule has 2 atom stereocenters. The van der Waals surface area contributed by atoms with Crippen molar-refractivity contribution in [1.29, 1.82) is 0 Å². The maximum absolute atomic E-state index is 11.1. The second-order valence-electron chi connectivity index (χ2n) is 5.37. The fourth-order valence-electron chi connectivity index (χ4n) is 2.69. The molecule has 0 heterocycles. The van der Waals surface area contributed by atoms with Gasteiger partial charge in [-0.05, 0) is 30.9 Å². The quantitative estimate of drug-likeness (QED) is 0.653. The van der Waals surface area contributed by atoms with Crippen molar-refractivity contribution in [3.63, 3.8) is 0 Å². The van der Waals surface area contributed by atoms with Gasteiger partial charge in [0.05, 0.1) is 4.92 Å². The van der Waals surface area contributed by atoms with Gasteiger partial charge >= 0.3 is 0 Å². The van der Waals surface area contributed by atoms with E-state index < -0.39 is 10.8 Å². The fraction of sp³-hybridized carbons (Fsp3) is 0.500. The first-order valence-electron chi connectivity index (χ1n) is 6.84. The van der Waals surface area contributed by atoms with E-state index in [1.807, 2.05) is 0 Å². The van der Waals surface area contributed by atoms with Crippen molar-refractivity contribution < 1.29 is 9.72 Å². The smallest absolute Gasteiger partial charge is 0.293 e. The highest BCUT2D eigenvalue weighted by atomic mass is 16.6. The molecule has 0 bridgehead atoms. The first kappa shape index (κ1) is 14.3. The molecule has 1 aromatic rings. The Hall–Kier alpha value is -2.11. The molecule has 0 radical (unpaired) electrons. The van der Waals surface area contributed by atoms with Crippen LogP contribution in [0.15, 0.2) is 18.2 Å². The lowest BCUT2D eigenvalue weighted by molar-refractivity contribution is -0.384. The van der Waals surface area contributed by atoms with Gasteiger partial charge in [0.2, 0.25) is 5.91 Å². The van der Waals surface area contributed by atoms with Gasteiger partial charge in [-0.25, -0.2) is 0 Å². The van der Waals surface area contributed by atoms with Crippen molar-refractivity contribution in [2.45, 2.75) is 38.6 Å². The fourth-order valence-corrected chi connectivity index (χ4v) is 2.69. The molecule has 6 nitrogen and oxygen atoms in total. The minimum atomic E-state index is -0.661. The Labute approximate surface area is 117 Å². The Morgan fingerprint density at radius 2 is 2.10 bits per heavy atom. The summed E-state index contributed by atoms with van der Waals surface area (Å²) in [6.07, 6.45) is 4.48. The van der Waals surface area contributed by atoms with Crippen molar-refractivity contribution in [3.8, 4) is 0 Å². The van der Waals surface area contributed by atoms with Gasteiger partial charge in [-0.2, -0.15) is 0 Å². The number of nitro benzene ring substituents is 1. The van der Waals surface area contributed by atoms with Crippen LogP contribution in [0.2, 0.25) is 0 Å². The summed E-state index contributed by atoms with van der Waals surface area (Å²) in [5.41, 5.74) is 5.67. The van der Waals surface area contributed by atoms with Crippen LogP contribution in [0, 0.1) is 16.0 Å². The Morgan fingerprint density at radius 1 is 1.40 bits per heavy atom. The third kappa shape index (κ3) is 3.07. The Kier molecular flexibility index (Phi) is 4.22. The summed E-state index contributed by atoms with van der Waals surface area (Å²) in [5.74, 6) is -0.176. The SMILES string of the molecule is CC1CCCCC1Nc1ccc(C(N)=O)cc1[N+](=O)[O-]. The van der Waals surface area contributed by atoms with E-state index in [1.165, 1.54) is 18.6 Å². The van der Waals surface area contributed by atoms with Crippen LogP contribution in [0.1, 0.15) is 43.0 Å². The highest BCUT2D eigenvalue weighted by Gasteiger charge is 2.24. The van der Waals surface area contributed by atoms with Gasteiger partial charge in [0, 0.05) is 17.7 Å². The molecule has 0 aliphatic heterocycles. The Bertz CT molecular complexity index is 530. The third-order valence-electron chi connectivity index (χ3n) is 3.93. The van der Waals surface area contributed by atoms with E-state index >= 15 is 0 Å². The Morgan fingerprint density at radius 3 is 2.70 bits per heavy atom. The lowest BCUT2D eigenvalue weighted by Crippen LogP contribution is -2.30. The number of nitrogens with zero attached hydrogens (tertiary/aromatic N) is 1. The number of carbonyl (C=O) groups is 1. The zero-order valence-electron chi connectivity index (χ0n) is 11.5. The molecule has 1 aliphatic rings. The number of hydrogen-bond acceptors (Lipinski definition) is 4. The molecule has 2 unspecified atom stereocenters. The molecule has 1 aromatic carbocycles. The second kappa shape index (κ2) is 5.90. The predicted molar refractivity (Wildman–Crippen MR) is 76.7 cm³/mol. The molecule has 2 rings (SSSR count). The molecule has 6 heteroatoms. The van der Waals surface area contributed by atoms with Crippen molar-refractivity contribution in [2.24, 2.45) is 11.7 Å². The molecular formula is C14H19N3O3. The van der Waals surface area contributed by atoms with Gasteiger partial charge in [-0.15, -0.1) is 0 Å². The first-order valence-corrected chi connectivity index (χ1v) is 6.84. The van der Waals surface area contributed by atoms with Crippen LogP contribution in [0.5, 0.6) is 0 Å². The van der Waals surface area contributed by atoms with Crippen LogP contribution < -0.4 is 11.1 Å². The molecule has 0 aromatic heterocycles. The lowest BCUT2D eigenvalue weighted by Gasteiger charge is -2.30. The number of carbonyl (C=O) groups excluding carboxylic acids is 1. The summed E-state index contributed by atoms with van der Waals surface area (Å²) in [7, 11) is 0. The van der Waals surface area contributed by atoms with Gasteiger partial charge in [-0.3, -0.25) is 14.9 Å². The van der Waals surface area contributed by atoms with Crippen LogP contribution in [-0.2, 0) is 0 Å². The van der Waals surface area contributed by atoms with Gasteiger partial charge in [0.1, 0.15) is 5.69 Å². The molecule has 1 saturated carbocycles. The highest BCUT2D eigenvalue weighted by molar-refractivity contribution is 5.94. The van der Waals surface area contributed by atoms with Crippen LogP contribution in [0.3, 0.4) is 0 Å². The topological polar surface area (TPSA) is 98.3 Å². The monoisotopic (exact) mass is 277 g/mol. The molecule has 0 saturated heterocycles. The predicted octanol–water partition coefficient (Wildman–Crippen LogP) is 2.68. The molecule has 1 fully saturated rings. The van der Waals surface area contributed by atoms with E-state index in [4.69, 9.17) is 5.73 Å². The summed E-state index contributed by atoms with van der Waals surface area (Å²) in [6, 6.07) is 4.56. The van der Waals surface area contributed by atoms with Gasteiger partial charge in [0.25, 0.3) is 5.69 Å². The number of nitro groups is 1. The molecule has 1 aliphatic carbocycles. The number of amides is 1. The summed E-state index contributed by atoms with van der Waals surface area (Å²) in [6.45, 7) is 2.15. The average molecular weight is 277 g/mol. The largest absolute Gasteiger partial charge is 0.376 e. The van der Waals surface area contributed by atoms with Crippen molar-refractivity contribution >= 4 is 17.3 Å². The number of nitrogens with two attached hydrogens (primary N) is 1. The van der Waals surface area contributed by atoms with E-state index in [0.29, 0.717) is 11.6 Å². The molecule has 108 valence electrons. The number of rotatable bonds is 4. The Balaban J connectivity index is 2.26. The molecule has 1 amide bonds. The van der Waals surface area contributed by atoms with Gasteiger partial charge in [0.15, 0.2) is 0 Å². The lowest BCUT2D eigenvalue weighted by atomic mass is 9.86. The normalized spacial score (nSPS) is 22.2. The van der Waals surface area contributed by atoms with Crippen molar-refractivity contribution in [3.05, 3.63) is 33.9 Å². The summed E-state index contributed by atoms with van der Waals surface area (Å²) >= 11 is 0. The summed E-state index contributed by atoms with van der Waals surface area (Å²) in [5, 5.41) is 14.4. The number of benzene rings is 1. The molecule has 0 spiro atoms. The van der Waals surface area contributed by atoms with Crippen molar-refractivity contribution in [1.82, 2.24) is 0 Å². The van der Waals surface area contributed by atoms with Crippen LogP contribution in [-0.4, -0.2) is 16.9 Å². The summed E-state index contributed by atoms with van der Waals surface area (Å²) < 4.78 is 0. The molecule has 3 N–H and O–H groups in total. The minimum Gasteiger partial charge on any atom is -0.376 e. The van der Waals surface area contributed by atoms with Crippen molar-refractivity contribution in [2.75, 3.05) is 5.32 Å². The minimum absolute atomic E-state index is 0.0981. The highest BCUT2D eigenvalue weighted by Crippen LogP contribution is 2.31. The van der Waals surface area contributed by atoms with Gasteiger partial charge < -0.3 is 11.1 Å². The van der Waals surface area contributed by atoms with E-state index in [2.05, 4.69) is 12.2 Å². The van der Waals surface area contributed by atoms with E-state index in [-0.39, 0.29) is 17.3 Å². The second-order valence-corrected chi connectivity index (χ2v) is 5.37. The zero-order valence-corrected chi connectivity index (χ0v) is 11.5. The van der Waals surface area contributed by atoms with Crippen LogP contribution >= 0.6 is 0 Å². The van der Waals surface area contributed by atoms with E-state index in [1.54, 1.807) is 6.07 Å². The standard InChI is InChI=1S/C14H19N3O3/c1-9-4-2-3-5-11(9)16-12-7-6-10(14(15)18)8-13(12)17(19)20/h6-9,11,16H,2-5H2,1H3,(H2,15,18). The van der Waals surface area contributed by atoms with E-state index in [0.717, 1.165) is 19.3 Å². The average Bonchev–Trinajstić information content (AvgIpc) is 2.41. The zero-order chi connectivity index (χ0) is 14.7. The number of nitrogens with one attached hydrogen (secondary N) is 1. The summed E-state index contributed by atoms with van der Waals surface area (Å²) in [4.78, 5) is 21.8. The van der Waals surface area contributed by atoms with Crippen LogP contribution in [0.4, 0.5) is 11.4 Å². The van der Waals surface area contributed by atoms with Crippen LogP contribution in [0.25, 0.3) is 0 Å². The molecule has 20 heavy (non-hydrogen) atoms. The first-order chi connectivity index (χ1) is 9.49. The molecular weight excluding hydrogens is 258 g/mol. The number of hydrogen-bond donors (Lipinski definition) is 2. The number of anilines is 1. The maximum atomic E-state index is 11.1. The third-order valence-corrected chi connectivity index (χ3v) is 3.93. The van der Waals surface area contributed by atoms with E-state index in [9.17, 15) is 14.9 Å². The number of primary amides is 1.